The first kappa shape index (κ1) is 15.8. The summed E-state index contributed by atoms with van der Waals surface area (Å²) in [7, 11) is 0. The number of carboxylic acids is 1. The summed E-state index contributed by atoms with van der Waals surface area (Å²) < 4.78 is 5.42. The number of benzene rings is 1. The van der Waals surface area contributed by atoms with Crippen LogP contribution in [0.2, 0.25) is 0 Å². The fourth-order valence-electron chi connectivity index (χ4n) is 1.60. The van der Waals surface area contributed by atoms with E-state index in [1.807, 2.05) is 30.3 Å². The Morgan fingerprint density at radius 1 is 1.14 bits per heavy atom. The van der Waals surface area contributed by atoms with Crippen LogP contribution >= 0.6 is 15.9 Å². The third-order valence-electron chi connectivity index (χ3n) is 2.62. The van der Waals surface area contributed by atoms with Crippen LogP contribution in [-0.4, -0.2) is 11.9 Å². The van der Waals surface area contributed by atoms with Crippen molar-refractivity contribution in [3.05, 3.63) is 76.3 Å². The Bertz CT molecular complexity index is 732. The highest BCUT2D eigenvalue weighted by molar-refractivity contribution is 9.10. The lowest BCUT2D eigenvalue weighted by molar-refractivity contribution is -0.299. The molecule has 0 saturated heterocycles. The summed E-state index contributed by atoms with van der Waals surface area (Å²) >= 11 is 3.06. The number of aliphatic carboxylic acids is 1. The Morgan fingerprint density at radius 2 is 1.86 bits per heavy atom. The van der Waals surface area contributed by atoms with E-state index < -0.39 is 11.9 Å². The summed E-state index contributed by atoms with van der Waals surface area (Å²) in [6.45, 7) is 0. The molecular formula is C16H11BrNO4-. The number of hydrogen-bond donors (Lipinski definition) is 1. The predicted molar refractivity (Wildman–Crippen MR) is 82.4 cm³/mol. The zero-order valence-corrected chi connectivity index (χ0v) is 12.9. The van der Waals surface area contributed by atoms with Crippen LogP contribution in [0.25, 0.3) is 6.08 Å². The molecule has 0 fully saturated rings. The van der Waals surface area contributed by atoms with Gasteiger partial charge < -0.3 is 19.6 Å². The molecule has 5 nitrogen and oxygen atoms in total. The smallest absolute Gasteiger partial charge is 0.291 e. The van der Waals surface area contributed by atoms with Crippen molar-refractivity contribution in [2.24, 2.45) is 0 Å². The quantitative estimate of drug-likeness (QED) is 0.653. The van der Waals surface area contributed by atoms with Gasteiger partial charge in [0.2, 0.25) is 0 Å². The van der Waals surface area contributed by atoms with Gasteiger partial charge in [-0.25, -0.2) is 0 Å². The number of carbonyl (C=O) groups excluding carboxylic acids is 2. The monoisotopic (exact) mass is 360 g/mol. The number of halogens is 1. The van der Waals surface area contributed by atoms with Gasteiger partial charge in [0.25, 0.3) is 5.91 Å². The molecule has 1 aromatic heterocycles. The molecule has 0 spiro atoms. The number of furan rings is 1. The third kappa shape index (κ3) is 4.46. The fraction of sp³-hybridized carbons (Fsp3) is 0. The van der Waals surface area contributed by atoms with Crippen molar-refractivity contribution in [2.75, 3.05) is 0 Å². The van der Waals surface area contributed by atoms with Gasteiger partial charge in [0.1, 0.15) is 0 Å². The maximum atomic E-state index is 11.8. The van der Waals surface area contributed by atoms with Crippen LogP contribution in [0.4, 0.5) is 0 Å². The molecule has 1 N–H and O–H groups in total. The van der Waals surface area contributed by atoms with Crippen LogP contribution in [-0.2, 0) is 4.79 Å². The average molecular weight is 361 g/mol. The van der Waals surface area contributed by atoms with Crippen molar-refractivity contribution in [3.8, 4) is 0 Å². The van der Waals surface area contributed by atoms with E-state index in [1.54, 1.807) is 6.08 Å². The van der Waals surface area contributed by atoms with Crippen LogP contribution in [0, 0.1) is 0 Å². The highest BCUT2D eigenvalue weighted by atomic mass is 79.9. The number of allylic oxidation sites excluding steroid dienone is 2. The van der Waals surface area contributed by atoms with E-state index in [0.717, 1.165) is 5.56 Å². The van der Waals surface area contributed by atoms with E-state index in [9.17, 15) is 14.7 Å². The maximum Gasteiger partial charge on any atom is 0.291 e. The molecule has 0 aliphatic carbocycles. The Labute approximate surface area is 135 Å². The highest BCUT2D eigenvalue weighted by Crippen LogP contribution is 2.14. The van der Waals surface area contributed by atoms with E-state index in [2.05, 4.69) is 21.2 Å². The maximum absolute atomic E-state index is 11.8. The second-order valence-electron chi connectivity index (χ2n) is 4.20. The molecule has 112 valence electrons. The fourth-order valence-corrected chi connectivity index (χ4v) is 1.91. The van der Waals surface area contributed by atoms with Gasteiger partial charge in [0, 0.05) is 0 Å². The molecule has 0 unspecified atom stereocenters. The van der Waals surface area contributed by atoms with Crippen molar-refractivity contribution >= 4 is 33.9 Å². The zero-order valence-electron chi connectivity index (χ0n) is 11.3. The highest BCUT2D eigenvalue weighted by Gasteiger charge is 2.12. The first-order chi connectivity index (χ1) is 10.6. The van der Waals surface area contributed by atoms with E-state index in [4.69, 9.17) is 4.42 Å². The standard InChI is InChI=1S/C16H12BrNO4/c17-14-10-9-13(22-14)15(19)18-12(16(20)21)8-4-7-11-5-2-1-3-6-11/h1-10H,(H,18,19)(H,20,21)/p-1/b7-4+,12-8-. The van der Waals surface area contributed by atoms with E-state index in [0.29, 0.717) is 4.67 Å². The third-order valence-corrected chi connectivity index (χ3v) is 3.04. The number of nitrogens with one attached hydrogen (secondary N) is 1. The molecule has 2 rings (SSSR count). The number of amides is 1. The van der Waals surface area contributed by atoms with Crippen LogP contribution in [0.1, 0.15) is 16.1 Å². The molecule has 0 bridgehead atoms. The summed E-state index contributed by atoms with van der Waals surface area (Å²) in [5.41, 5.74) is 0.544. The van der Waals surface area contributed by atoms with Crippen LogP contribution in [0.5, 0.6) is 0 Å². The summed E-state index contributed by atoms with van der Waals surface area (Å²) in [5.74, 6) is -2.17. The summed E-state index contributed by atoms with van der Waals surface area (Å²) in [6.07, 6.45) is 4.47. The number of rotatable bonds is 5. The largest absolute Gasteiger partial charge is 0.543 e. The van der Waals surface area contributed by atoms with E-state index in [1.165, 1.54) is 24.3 Å². The average Bonchev–Trinajstić information content (AvgIpc) is 2.93. The second-order valence-corrected chi connectivity index (χ2v) is 4.98. The second kappa shape index (κ2) is 7.42. The predicted octanol–water partition coefficient (Wildman–Crippen LogP) is 2.12. The minimum absolute atomic E-state index is 0.00827. The van der Waals surface area contributed by atoms with E-state index >= 15 is 0 Å². The van der Waals surface area contributed by atoms with Gasteiger partial charge in [0.05, 0.1) is 11.7 Å². The van der Waals surface area contributed by atoms with Gasteiger partial charge >= 0.3 is 0 Å². The zero-order chi connectivity index (χ0) is 15.9. The van der Waals surface area contributed by atoms with Gasteiger partial charge in [-0.05, 0) is 39.7 Å². The first-order valence-corrected chi connectivity index (χ1v) is 7.07. The Hall–Kier alpha value is -2.60. The van der Waals surface area contributed by atoms with Gasteiger partial charge in [-0.2, -0.15) is 0 Å². The number of carbonyl (C=O) groups is 2. The topological polar surface area (TPSA) is 82.4 Å². The summed E-state index contributed by atoms with van der Waals surface area (Å²) in [4.78, 5) is 22.9. The van der Waals surface area contributed by atoms with Crippen molar-refractivity contribution in [3.63, 3.8) is 0 Å². The van der Waals surface area contributed by atoms with Gasteiger partial charge in [-0.3, -0.25) is 4.79 Å². The molecule has 2 aromatic rings. The molecule has 1 amide bonds. The Kier molecular flexibility index (Phi) is 5.32. The minimum atomic E-state index is -1.49. The van der Waals surface area contributed by atoms with Crippen molar-refractivity contribution < 1.29 is 19.1 Å². The SMILES string of the molecule is O=C([O-])/C(=C/C=C/c1ccccc1)NC(=O)c1ccc(Br)o1. The van der Waals surface area contributed by atoms with Crippen LogP contribution < -0.4 is 10.4 Å². The minimum Gasteiger partial charge on any atom is -0.543 e. The lowest BCUT2D eigenvalue weighted by Gasteiger charge is -2.08. The molecule has 6 heteroatoms. The Morgan fingerprint density at radius 3 is 2.45 bits per heavy atom. The molecular weight excluding hydrogens is 350 g/mol. The molecule has 0 saturated carbocycles. The van der Waals surface area contributed by atoms with Crippen molar-refractivity contribution in [1.29, 1.82) is 0 Å². The summed E-state index contributed by atoms with van der Waals surface area (Å²) in [5, 5.41) is 13.3. The molecule has 22 heavy (non-hydrogen) atoms. The Balaban J connectivity index is 2.09. The van der Waals surface area contributed by atoms with Gasteiger partial charge in [-0.1, -0.05) is 42.5 Å². The lowest BCUT2D eigenvalue weighted by Crippen LogP contribution is -2.35. The van der Waals surface area contributed by atoms with Crippen molar-refractivity contribution in [2.45, 2.75) is 0 Å². The molecule has 1 aromatic carbocycles. The molecule has 0 atom stereocenters. The molecule has 0 aliphatic heterocycles. The van der Waals surface area contributed by atoms with Crippen LogP contribution in [0.15, 0.2) is 69.4 Å². The normalized spacial score (nSPS) is 11.6. The van der Waals surface area contributed by atoms with Gasteiger partial charge in [-0.15, -0.1) is 0 Å². The van der Waals surface area contributed by atoms with Crippen molar-refractivity contribution in [1.82, 2.24) is 5.32 Å². The lowest BCUT2D eigenvalue weighted by atomic mass is 10.2. The molecule has 1 heterocycles. The number of carboxylic acid groups (broad SMARTS) is 1. The van der Waals surface area contributed by atoms with E-state index in [-0.39, 0.29) is 11.5 Å². The summed E-state index contributed by atoms with van der Waals surface area (Å²) in [6, 6.07) is 12.3. The van der Waals surface area contributed by atoms with Crippen LogP contribution in [0.3, 0.4) is 0 Å². The number of hydrogen-bond acceptors (Lipinski definition) is 4. The first-order valence-electron chi connectivity index (χ1n) is 6.27. The molecule has 0 radical (unpaired) electrons. The van der Waals surface area contributed by atoms with Gasteiger partial charge in [0.15, 0.2) is 10.4 Å². The molecule has 0 aliphatic rings.